The van der Waals surface area contributed by atoms with Gasteiger partial charge in [-0.3, -0.25) is 4.79 Å². The zero-order valence-corrected chi connectivity index (χ0v) is 16.2. The van der Waals surface area contributed by atoms with Crippen molar-refractivity contribution in [1.29, 1.82) is 0 Å². The van der Waals surface area contributed by atoms with Crippen LogP contribution < -0.4 is 0 Å². The van der Waals surface area contributed by atoms with E-state index in [0.29, 0.717) is 24.4 Å². The Morgan fingerprint density at radius 1 is 1.08 bits per heavy atom. The third-order valence-electron chi connectivity index (χ3n) is 4.76. The molecule has 2 rings (SSSR count). The fraction of sp³-hybridized carbons (Fsp3) is 0.632. The van der Waals surface area contributed by atoms with E-state index in [1.807, 2.05) is 11.0 Å². The number of piperidine rings is 1. The summed E-state index contributed by atoms with van der Waals surface area (Å²) in [6.45, 7) is 6.79. The van der Waals surface area contributed by atoms with Gasteiger partial charge in [0, 0.05) is 32.6 Å². The van der Waals surface area contributed by atoms with Gasteiger partial charge >= 0.3 is 0 Å². The van der Waals surface area contributed by atoms with E-state index in [0.717, 1.165) is 38.8 Å². The van der Waals surface area contributed by atoms with Crippen LogP contribution in [0.25, 0.3) is 0 Å². The average Bonchev–Trinajstić information content (AvgIpc) is 2.62. The molecule has 0 N–H and O–H groups in total. The summed E-state index contributed by atoms with van der Waals surface area (Å²) in [5, 5.41) is 0. The van der Waals surface area contributed by atoms with E-state index in [2.05, 4.69) is 13.8 Å². The van der Waals surface area contributed by atoms with Crippen LogP contribution >= 0.6 is 0 Å². The lowest BCUT2D eigenvalue weighted by Gasteiger charge is -2.32. The maximum atomic E-state index is 12.6. The van der Waals surface area contributed by atoms with E-state index in [4.69, 9.17) is 0 Å². The monoisotopic (exact) mass is 366 g/mol. The van der Waals surface area contributed by atoms with E-state index in [1.165, 1.54) is 0 Å². The van der Waals surface area contributed by atoms with Gasteiger partial charge < -0.3 is 4.90 Å². The molecule has 0 saturated carbocycles. The average molecular weight is 367 g/mol. The molecule has 1 fully saturated rings. The van der Waals surface area contributed by atoms with Crippen molar-refractivity contribution in [3.63, 3.8) is 0 Å². The van der Waals surface area contributed by atoms with E-state index in [-0.39, 0.29) is 11.8 Å². The number of carbonyl (C=O) groups excluding carboxylic acids is 1. The number of carbonyl (C=O) groups is 1. The van der Waals surface area contributed by atoms with E-state index in [1.54, 1.807) is 28.6 Å². The van der Waals surface area contributed by atoms with Crippen LogP contribution in [0, 0.1) is 5.92 Å². The molecule has 1 heterocycles. The highest BCUT2D eigenvalue weighted by molar-refractivity contribution is 7.89. The molecule has 0 bridgehead atoms. The fourth-order valence-electron chi connectivity index (χ4n) is 3.37. The normalized spacial score (nSPS) is 16.7. The summed E-state index contributed by atoms with van der Waals surface area (Å²) in [4.78, 5) is 14.8. The Balaban J connectivity index is 1.90. The molecule has 0 radical (unpaired) electrons. The van der Waals surface area contributed by atoms with Gasteiger partial charge in [-0.25, -0.2) is 8.42 Å². The van der Waals surface area contributed by atoms with Crippen LogP contribution in [-0.2, 0) is 14.8 Å². The molecule has 140 valence electrons. The number of nitrogens with zero attached hydrogens (tertiary/aromatic N) is 2. The molecule has 0 aliphatic carbocycles. The molecule has 5 nitrogen and oxygen atoms in total. The van der Waals surface area contributed by atoms with Gasteiger partial charge in [0.25, 0.3) is 0 Å². The molecule has 1 aliphatic heterocycles. The predicted octanol–water partition coefficient (Wildman–Crippen LogP) is 3.13. The second kappa shape index (κ2) is 9.34. The molecule has 1 saturated heterocycles. The topological polar surface area (TPSA) is 57.7 Å². The highest BCUT2D eigenvalue weighted by Crippen LogP contribution is 2.26. The number of hydrogen-bond acceptors (Lipinski definition) is 3. The Morgan fingerprint density at radius 2 is 1.64 bits per heavy atom. The number of benzene rings is 1. The van der Waals surface area contributed by atoms with E-state index >= 15 is 0 Å². The number of hydrogen-bond donors (Lipinski definition) is 0. The van der Waals surface area contributed by atoms with Gasteiger partial charge in [-0.1, -0.05) is 32.0 Å². The highest BCUT2D eigenvalue weighted by Gasteiger charge is 2.30. The molecule has 1 aromatic carbocycles. The van der Waals surface area contributed by atoms with Crippen molar-refractivity contribution in [3.05, 3.63) is 30.3 Å². The summed E-state index contributed by atoms with van der Waals surface area (Å²) < 4.78 is 26.8. The van der Waals surface area contributed by atoms with Crippen molar-refractivity contribution in [1.82, 2.24) is 9.21 Å². The molecule has 1 aliphatic rings. The lowest BCUT2D eigenvalue weighted by atomic mass is 9.94. The second-order valence-corrected chi connectivity index (χ2v) is 8.68. The van der Waals surface area contributed by atoms with Crippen LogP contribution in [0.1, 0.15) is 46.0 Å². The zero-order chi connectivity index (χ0) is 18.3. The number of amides is 1. The van der Waals surface area contributed by atoms with Gasteiger partial charge in [0.15, 0.2) is 0 Å². The van der Waals surface area contributed by atoms with Crippen molar-refractivity contribution in [2.24, 2.45) is 5.92 Å². The summed E-state index contributed by atoms with van der Waals surface area (Å²) >= 11 is 0. The van der Waals surface area contributed by atoms with Gasteiger partial charge in [-0.05, 0) is 43.7 Å². The highest BCUT2D eigenvalue weighted by atomic mass is 32.2. The van der Waals surface area contributed by atoms with Crippen LogP contribution in [0.3, 0.4) is 0 Å². The van der Waals surface area contributed by atoms with Gasteiger partial charge in [0.2, 0.25) is 15.9 Å². The van der Waals surface area contributed by atoms with Crippen molar-refractivity contribution >= 4 is 15.9 Å². The van der Waals surface area contributed by atoms with E-state index in [9.17, 15) is 13.2 Å². The Kier molecular flexibility index (Phi) is 7.44. The maximum Gasteiger partial charge on any atom is 0.243 e. The molecule has 6 heteroatoms. The predicted molar refractivity (Wildman–Crippen MR) is 99.7 cm³/mol. The summed E-state index contributed by atoms with van der Waals surface area (Å²) in [5.74, 6) is 0.499. The quantitative estimate of drug-likeness (QED) is 0.710. The van der Waals surface area contributed by atoms with E-state index < -0.39 is 10.0 Å². The van der Waals surface area contributed by atoms with Crippen LogP contribution in [-0.4, -0.2) is 49.7 Å². The minimum atomic E-state index is -3.41. The Labute approximate surface area is 152 Å². The minimum absolute atomic E-state index is 0.216. The molecule has 0 atom stereocenters. The Bertz CT molecular complexity index is 632. The molecular formula is C19H30N2O3S. The van der Waals surface area contributed by atoms with Gasteiger partial charge in [0.1, 0.15) is 0 Å². The van der Waals surface area contributed by atoms with Crippen LogP contribution in [0.15, 0.2) is 35.2 Å². The van der Waals surface area contributed by atoms with Gasteiger partial charge in [-0.15, -0.1) is 0 Å². The van der Waals surface area contributed by atoms with Crippen LogP contribution in [0.5, 0.6) is 0 Å². The van der Waals surface area contributed by atoms with Crippen molar-refractivity contribution in [2.75, 3.05) is 26.2 Å². The number of rotatable bonds is 8. The first-order valence-electron chi connectivity index (χ1n) is 9.32. The summed E-state index contributed by atoms with van der Waals surface area (Å²) in [6.07, 6.45) is 3.99. The largest absolute Gasteiger partial charge is 0.343 e. The van der Waals surface area contributed by atoms with Gasteiger partial charge in [0.05, 0.1) is 4.90 Å². The molecule has 1 aromatic rings. The molecule has 0 unspecified atom stereocenters. The Morgan fingerprint density at radius 3 is 2.16 bits per heavy atom. The van der Waals surface area contributed by atoms with Crippen molar-refractivity contribution in [2.45, 2.75) is 50.8 Å². The third-order valence-corrected chi connectivity index (χ3v) is 6.67. The number of sulfonamides is 1. The third kappa shape index (κ3) is 5.28. The zero-order valence-electron chi connectivity index (χ0n) is 15.4. The second-order valence-electron chi connectivity index (χ2n) is 6.75. The summed E-state index contributed by atoms with van der Waals surface area (Å²) in [7, 11) is -3.41. The Hall–Kier alpha value is -1.40. The smallest absolute Gasteiger partial charge is 0.243 e. The first kappa shape index (κ1) is 19.9. The van der Waals surface area contributed by atoms with Crippen molar-refractivity contribution in [3.8, 4) is 0 Å². The lowest BCUT2D eigenvalue weighted by molar-refractivity contribution is -0.132. The molecule has 0 aromatic heterocycles. The molecule has 0 spiro atoms. The summed E-state index contributed by atoms with van der Waals surface area (Å²) in [5.41, 5.74) is 0. The molecule has 1 amide bonds. The van der Waals surface area contributed by atoms with Crippen LogP contribution in [0.2, 0.25) is 0 Å². The fourth-order valence-corrected chi connectivity index (χ4v) is 4.86. The molecular weight excluding hydrogens is 336 g/mol. The first-order chi connectivity index (χ1) is 12.0. The van der Waals surface area contributed by atoms with Crippen LogP contribution in [0.4, 0.5) is 0 Å². The summed E-state index contributed by atoms with van der Waals surface area (Å²) in [6, 6.07) is 8.58. The maximum absolute atomic E-state index is 12.6. The first-order valence-corrected chi connectivity index (χ1v) is 10.8. The SMILES string of the molecule is CCCN(CCC)C(=O)CC1CCN(S(=O)(=O)c2ccccc2)CC1. The lowest BCUT2D eigenvalue weighted by Crippen LogP contribution is -2.40. The molecule has 25 heavy (non-hydrogen) atoms. The minimum Gasteiger partial charge on any atom is -0.343 e. The standard InChI is InChI=1S/C19H30N2O3S/c1-3-12-20(13-4-2)19(22)16-17-10-14-21(15-11-17)25(23,24)18-8-6-5-7-9-18/h5-9,17H,3-4,10-16H2,1-2H3. The van der Waals surface area contributed by atoms with Gasteiger partial charge in [-0.2, -0.15) is 4.31 Å². The van der Waals surface area contributed by atoms with Crippen molar-refractivity contribution < 1.29 is 13.2 Å².